The summed E-state index contributed by atoms with van der Waals surface area (Å²) in [5, 5.41) is 8.43. The number of nitrogens with zero attached hydrogens (tertiary/aromatic N) is 4. The number of aromatic nitrogens is 4. The van der Waals surface area contributed by atoms with E-state index in [1.165, 1.54) is 11.3 Å². The summed E-state index contributed by atoms with van der Waals surface area (Å²) in [4.78, 5) is 16.8. The number of pyridine rings is 1. The lowest BCUT2D eigenvalue weighted by Crippen LogP contribution is -2.13. The fourth-order valence-electron chi connectivity index (χ4n) is 3.64. The summed E-state index contributed by atoms with van der Waals surface area (Å²) in [5.74, 6) is 0.354. The fourth-order valence-corrected chi connectivity index (χ4v) is 3.64. The summed E-state index contributed by atoms with van der Waals surface area (Å²) in [6.45, 7) is 6.24. The van der Waals surface area contributed by atoms with Gasteiger partial charge in [-0.25, -0.2) is 0 Å². The zero-order valence-electron chi connectivity index (χ0n) is 17.4. The van der Waals surface area contributed by atoms with Crippen LogP contribution in [0.1, 0.15) is 27.2 Å². The molecule has 0 saturated heterocycles. The van der Waals surface area contributed by atoms with E-state index in [-0.39, 0.29) is 5.91 Å². The van der Waals surface area contributed by atoms with Gasteiger partial charge in [0.2, 0.25) is 0 Å². The lowest BCUT2D eigenvalue weighted by Gasteiger charge is -2.08. The van der Waals surface area contributed by atoms with Crippen molar-refractivity contribution < 1.29 is 9.53 Å². The van der Waals surface area contributed by atoms with Gasteiger partial charge in [-0.3, -0.25) is 14.5 Å². The van der Waals surface area contributed by atoms with Crippen LogP contribution >= 0.6 is 0 Å². The third kappa shape index (κ3) is 3.97. The molecule has 1 aromatic carbocycles. The average Bonchev–Trinajstić information content (AvgIpc) is 3.29. The molecule has 0 aliphatic carbocycles. The van der Waals surface area contributed by atoms with Gasteiger partial charge in [-0.2, -0.15) is 5.10 Å². The summed E-state index contributed by atoms with van der Waals surface area (Å²) in [5.41, 5.74) is 5.19. The van der Waals surface area contributed by atoms with Gasteiger partial charge >= 0.3 is 0 Å². The Morgan fingerprint density at radius 1 is 1.13 bits per heavy atom. The quantitative estimate of drug-likeness (QED) is 0.509. The normalized spacial score (nSPS) is 11.2. The van der Waals surface area contributed by atoms with Crippen molar-refractivity contribution in [3.8, 4) is 0 Å². The third-order valence-electron chi connectivity index (χ3n) is 5.40. The molecule has 0 unspecified atom stereocenters. The molecule has 4 rings (SSSR count). The number of hydrogen-bond donors (Lipinski definition) is 1. The highest BCUT2D eigenvalue weighted by Crippen LogP contribution is 2.26. The van der Waals surface area contributed by atoms with Crippen LogP contribution in [-0.2, 0) is 17.8 Å². The van der Waals surface area contributed by atoms with Gasteiger partial charge in [0.25, 0.3) is 5.91 Å². The Balaban J connectivity index is 1.52. The first kappa shape index (κ1) is 19.8. The maximum absolute atomic E-state index is 12.8. The molecule has 0 atom stereocenters. The van der Waals surface area contributed by atoms with E-state index in [1.54, 1.807) is 30.3 Å². The van der Waals surface area contributed by atoms with Crippen molar-refractivity contribution in [2.24, 2.45) is 0 Å². The third-order valence-corrected chi connectivity index (χ3v) is 5.40. The molecule has 0 radical (unpaired) electrons. The van der Waals surface area contributed by atoms with Gasteiger partial charge in [-0.1, -0.05) is 0 Å². The number of ether oxygens (including phenoxy) is 1. The van der Waals surface area contributed by atoms with E-state index in [0.29, 0.717) is 24.5 Å². The van der Waals surface area contributed by atoms with E-state index in [9.17, 15) is 4.79 Å². The second-order valence-corrected chi connectivity index (χ2v) is 7.29. The van der Waals surface area contributed by atoms with E-state index in [4.69, 9.17) is 4.74 Å². The molecular formula is C23H25N5O2. The number of aryl methyl sites for hydroxylation is 1. The van der Waals surface area contributed by atoms with Gasteiger partial charge in [0.15, 0.2) is 5.82 Å². The van der Waals surface area contributed by atoms with E-state index < -0.39 is 0 Å². The minimum atomic E-state index is -0.173. The molecule has 0 spiro atoms. The average molecular weight is 403 g/mol. The highest BCUT2D eigenvalue weighted by atomic mass is 16.5. The Bertz CT molecular complexity index is 1180. The SMILES string of the molecule is COCCn1c(C)c(C)c2cc(C(=O)Nc3ccn(Cc4ccncc4)n3)ccc21. The van der Waals surface area contributed by atoms with Crippen molar-refractivity contribution in [3.05, 3.63) is 77.4 Å². The van der Waals surface area contributed by atoms with Gasteiger partial charge in [0.1, 0.15) is 0 Å². The minimum absolute atomic E-state index is 0.173. The van der Waals surface area contributed by atoms with Crippen LogP contribution in [-0.4, -0.2) is 39.0 Å². The molecule has 0 aliphatic rings. The van der Waals surface area contributed by atoms with Crippen molar-refractivity contribution in [1.29, 1.82) is 0 Å². The number of fused-ring (bicyclic) bond motifs is 1. The second-order valence-electron chi connectivity index (χ2n) is 7.29. The molecule has 0 fully saturated rings. The van der Waals surface area contributed by atoms with Crippen LogP contribution in [0.2, 0.25) is 0 Å². The number of nitrogens with one attached hydrogen (secondary N) is 1. The van der Waals surface area contributed by atoms with E-state index in [0.717, 1.165) is 23.0 Å². The zero-order chi connectivity index (χ0) is 21.1. The maximum atomic E-state index is 12.8. The number of carbonyl (C=O) groups excluding carboxylic acids is 1. The maximum Gasteiger partial charge on any atom is 0.256 e. The molecule has 154 valence electrons. The molecule has 30 heavy (non-hydrogen) atoms. The Morgan fingerprint density at radius 3 is 2.70 bits per heavy atom. The Labute approximate surface area is 175 Å². The first-order chi connectivity index (χ1) is 14.6. The number of carbonyl (C=O) groups is 1. The standard InChI is InChI=1S/C23H25N5O2/c1-16-17(2)28(12-13-30-3)21-5-4-19(14-20(16)21)23(29)25-22-8-11-27(26-22)15-18-6-9-24-10-7-18/h4-11,14H,12-13,15H2,1-3H3,(H,25,26,29). The number of methoxy groups -OCH3 is 1. The monoisotopic (exact) mass is 403 g/mol. The molecule has 0 aliphatic heterocycles. The summed E-state index contributed by atoms with van der Waals surface area (Å²) in [6, 6.07) is 11.5. The van der Waals surface area contributed by atoms with Crippen molar-refractivity contribution >= 4 is 22.6 Å². The largest absolute Gasteiger partial charge is 0.383 e. The van der Waals surface area contributed by atoms with E-state index in [2.05, 4.69) is 33.8 Å². The summed E-state index contributed by atoms with van der Waals surface area (Å²) >= 11 is 0. The smallest absolute Gasteiger partial charge is 0.256 e. The minimum Gasteiger partial charge on any atom is -0.383 e. The molecule has 3 heterocycles. The van der Waals surface area contributed by atoms with Crippen LogP contribution in [0, 0.1) is 13.8 Å². The first-order valence-electron chi connectivity index (χ1n) is 9.89. The van der Waals surface area contributed by atoms with Gasteiger partial charge in [-0.05, 0) is 55.3 Å². The highest BCUT2D eigenvalue weighted by molar-refractivity contribution is 6.06. The van der Waals surface area contributed by atoms with E-state index >= 15 is 0 Å². The summed E-state index contributed by atoms with van der Waals surface area (Å²) in [7, 11) is 1.70. The van der Waals surface area contributed by atoms with Crippen molar-refractivity contribution in [2.75, 3.05) is 19.0 Å². The lowest BCUT2D eigenvalue weighted by molar-refractivity contribution is 0.102. The number of anilines is 1. The molecule has 1 N–H and O–H groups in total. The van der Waals surface area contributed by atoms with Gasteiger partial charge in [0, 0.05) is 60.5 Å². The van der Waals surface area contributed by atoms with Crippen molar-refractivity contribution in [2.45, 2.75) is 26.9 Å². The number of hydrogen-bond acceptors (Lipinski definition) is 4. The second kappa shape index (κ2) is 8.51. The van der Waals surface area contributed by atoms with Crippen LogP contribution in [0.4, 0.5) is 5.82 Å². The van der Waals surface area contributed by atoms with Crippen LogP contribution in [0.15, 0.2) is 55.0 Å². The predicted molar refractivity (Wildman–Crippen MR) is 117 cm³/mol. The lowest BCUT2D eigenvalue weighted by atomic mass is 10.1. The van der Waals surface area contributed by atoms with Gasteiger partial charge in [-0.15, -0.1) is 0 Å². The molecule has 4 aromatic rings. The highest BCUT2D eigenvalue weighted by Gasteiger charge is 2.14. The topological polar surface area (TPSA) is 74.0 Å². The Hall–Kier alpha value is -3.45. The molecule has 7 nitrogen and oxygen atoms in total. The molecular weight excluding hydrogens is 378 g/mol. The van der Waals surface area contributed by atoms with Crippen LogP contribution < -0.4 is 5.32 Å². The van der Waals surface area contributed by atoms with Crippen LogP contribution in [0.25, 0.3) is 10.9 Å². The van der Waals surface area contributed by atoms with Crippen molar-refractivity contribution in [1.82, 2.24) is 19.3 Å². The first-order valence-corrected chi connectivity index (χ1v) is 9.89. The molecule has 0 bridgehead atoms. The Kier molecular flexibility index (Phi) is 5.63. The van der Waals surface area contributed by atoms with Gasteiger partial charge in [0.05, 0.1) is 13.2 Å². The molecule has 1 amide bonds. The summed E-state index contributed by atoms with van der Waals surface area (Å²) < 4.78 is 9.25. The zero-order valence-corrected chi connectivity index (χ0v) is 17.4. The number of benzene rings is 1. The fraction of sp³-hybridized carbons (Fsp3) is 0.261. The summed E-state index contributed by atoms with van der Waals surface area (Å²) in [6.07, 6.45) is 5.36. The molecule has 0 saturated carbocycles. The van der Waals surface area contributed by atoms with Crippen LogP contribution in [0.5, 0.6) is 0 Å². The Morgan fingerprint density at radius 2 is 1.93 bits per heavy atom. The number of amides is 1. The van der Waals surface area contributed by atoms with Crippen LogP contribution in [0.3, 0.4) is 0 Å². The molecule has 7 heteroatoms. The number of rotatable bonds is 7. The van der Waals surface area contributed by atoms with E-state index in [1.807, 2.05) is 36.5 Å². The molecule has 3 aromatic heterocycles. The van der Waals surface area contributed by atoms with Gasteiger partial charge < -0.3 is 14.6 Å². The van der Waals surface area contributed by atoms with Crippen molar-refractivity contribution in [3.63, 3.8) is 0 Å². The predicted octanol–water partition coefficient (Wildman–Crippen LogP) is 3.80.